The first-order valence-electron chi connectivity index (χ1n) is 8.37. The molecule has 0 spiro atoms. The average Bonchev–Trinajstić information content (AvgIpc) is 3.01. The van der Waals surface area contributed by atoms with Crippen molar-refractivity contribution in [1.29, 1.82) is 0 Å². The van der Waals surface area contributed by atoms with Crippen molar-refractivity contribution in [2.45, 2.75) is 58.7 Å². The molecule has 1 saturated heterocycles. The molecule has 2 aliphatic heterocycles. The Bertz CT molecular complexity index is 593. The normalized spacial score (nSPS) is 33.8. The van der Waals surface area contributed by atoms with E-state index in [1.165, 1.54) is 5.57 Å². The number of hydrogen-bond donors (Lipinski definition) is 2. The number of carbonyl (C=O) groups is 1. The minimum atomic E-state index is -0.170. The molecule has 5 heteroatoms. The van der Waals surface area contributed by atoms with Gasteiger partial charge in [-0.2, -0.15) is 0 Å². The second-order valence-corrected chi connectivity index (χ2v) is 6.90. The molecule has 126 valence electrons. The van der Waals surface area contributed by atoms with Crippen molar-refractivity contribution in [3.8, 4) is 0 Å². The molecule has 2 amide bonds. The first-order valence-corrected chi connectivity index (χ1v) is 8.37. The van der Waals surface area contributed by atoms with Crippen LogP contribution in [0.25, 0.3) is 0 Å². The number of amides is 2. The molecule has 4 unspecified atom stereocenters. The summed E-state index contributed by atoms with van der Waals surface area (Å²) in [6.45, 7) is 8.93. The number of carbonyl (C=O) groups excluding carboxylic acids is 1. The summed E-state index contributed by atoms with van der Waals surface area (Å²) in [5.74, 6) is 1.83. The van der Waals surface area contributed by atoms with Crippen molar-refractivity contribution in [3.63, 3.8) is 0 Å². The number of fused-ring (bicyclic) bond motifs is 1. The molecule has 23 heavy (non-hydrogen) atoms. The Kier molecular flexibility index (Phi) is 4.23. The van der Waals surface area contributed by atoms with Crippen molar-refractivity contribution in [2.24, 2.45) is 5.41 Å². The summed E-state index contributed by atoms with van der Waals surface area (Å²) in [7, 11) is 0. The van der Waals surface area contributed by atoms with Gasteiger partial charge in [-0.3, -0.25) is 0 Å². The third-order valence-corrected chi connectivity index (χ3v) is 5.30. The number of urea groups is 1. The zero-order valence-corrected chi connectivity index (χ0v) is 14.3. The Balaban J connectivity index is 1.64. The molecule has 0 aromatic carbocycles. The highest BCUT2D eigenvalue weighted by Crippen LogP contribution is 2.49. The van der Waals surface area contributed by atoms with Gasteiger partial charge in [0.1, 0.15) is 11.5 Å². The topological polar surface area (TPSA) is 59.6 Å². The van der Waals surface area contributed by atoms with Crippen molar-refractivity contribution >= 4 is 6.03 Å². The van der Waals surface area contributed by atoms with Gasteiger partial charge in [0.2, 0.25) is 0 Å². The summed E-state index contributed by atoms with van der Waals surface area (Å²) in [6.07, 6.45) is 8.06. The van der Waals surface area contributed by atoms with E-state index in [-0.39, 0.29) is 29.6 Å². The molecule has 1 fully saturated rings. The van der Waals surface area contributed by atoms with E-state index in [0.717, 1.165) is 24.4 Å². The lowest BCUT2D eigenvalue weighted by atomic mass is 9.76. The van der Waals surface area contributed by atoms with Gasteiger partial charge < -0.3 is 20.1 Å². The fourth-order valence-corrected chi connectivity index (χ4v) is 3.50. The minimum Gasteiger partial charge on any atom is -0.463 e. The zero-order valence-electron chi connectivity index (χ0n) is 14.3. The van der Waals surface area contributed by atoms with Crippen molar-refractivity contribution < 1.29 is 14.3 Å². The Morgan fingerprint density at radius 2 is 2.26 bits per heavy atom. The van der Waals surface area contributed by atoms with Crippen molar-refractivity contribution in [3.05, 3.63) is 35.3 Å². The van der Waals surface area contributed by atoms with Crippen LogP contribution < -0.4 is 10.6 Å². The SMILES string of the molecule is CC1=C(C(C)NC(=O)NC2CCOC2C)OC2=CC=CCC21C. The van der Waals surface area contributed by atoms with Gasteiger partial charge in [-0.25, -0.2) is 4.79 Å². The third kappa shape index (κ3) is 2.90. The van der Waals surface area contributed by atoms with Gasteiger partial charge in [0, 0.05) is 6.61 Å². The molecule has 0 aromatic rings. The molecule has 5 nitrogen and oxygen atoms in total. The van der Waals surface area contributed by atoms with Gasteiger partial charge in [-0.1, -0.05) is 12.2 Å². The van der Waals surface area contributed by atoms with Gasteiger partial charge in [0.25, 0.3) is 0 Å². The standard InChI is InChI=1S/C18H26N2O3/c1-11-16(23-15-7-5-6-9-18(11,15)4)12(2)19-17(21)20-14-8-10-22-13(14)3/h5-7,12-14H,8-10H2,1-4H3,(H2,19,20,21). The monoisotopic (exact) mass is 318 g/mol. The van der Waals surface area contributed by atoms with E-state index in [1.807, 2.05) is 26.0 Å². The summed E-state index contributed by atoms with van der Waals surface area (Å²) < 4.78 is 11.5. The molecule has 0 aromatic heterocycles. The molecule has 1 aliphatic carbocycles. The molecule has 0 bridgehead atoms. The fraction of sp³-hybridized carbons (Fsp3) is 0.611. The summed E-state index contributed by atoms with van der Waals surface area (Å²) in [6, 6.07) is -0.263. The number of nitrogens with one attached hydrogen (secondary N) is 2. The zero-order chi connectivity index (χ0) is 16.6. The third-order valence-electron chi connectivity index (χ3n) is 5.30. The van der Waals surface area contributed by atoms with E-state index in [1.54, 1.807) is 0 Å². The molecule has 2 heterocycles. The van der Waals surface area contributed by atoms with Crippen LogP contribution in [0.2, 0.25) is 0 Å². The maximum Gasteiger partial charge on any atom is 0.315 e. The van der Waals surface area contributed by atoms with Crippen LogP contribution in [0.5, 0.6) is 0 Å². The number of hydrogen-bond acceptors (Lipinski definition) is 3. The lowest BCUT2D eigenvalue weighted by Gasteiger charge is -2.26. The molecule has 3 rings (SSSR count). The van der Waals surface area contributed by atoms with Crippen LogP contribution in [0.3, 0.4) is 0 Å². The molecule has 3 aliphatic rings. The molecule has 4 atom stereocenters. The van der Waals surface area contributed by atoms with Crippen LogP contribution in [0, 0.1) is 5.41 Å². The van der Waals surface area contributed by atoms with Gasteiger partial charge in [-0.05, 0) is 52.2 Å². The average molecular weight is 318 g/mol. The minimum absolute atomic E-state index is 0.0674. The van der Waals surface area contributed by atoms with E-state index in [2.05, 4.69) is 30.6 Å². The van der Waals surface area contributed by atoms with E-state index in [9.17, 15) is 4.79 Å². The van der Waals surface area contributed by atoms with Crippen LogP contribution in [-0.4, -0.2) is 30.8 Å². The van der Waals surface area contributed by atoms with Crippen LogP contribution in [0.1, 0.15) is 40.5 Å². The highest BCUT2D eigenvalue weighted by atomic mass is 16.5. The quantitative estimate of drug-likeness (QED) is 0.841. The maximum atomic E-state index is 12.2. The van der Waals surface area contributed by atoms with Crippen molar-refractivity contribution in [2.75, 3.05) is 6.61 Å². The number of rotatable bonds is 3. The van der Waals surface area contributed by atoms with Crippen LogP contribution in [0.15, 0.2) is 35.3 Å². The van der Waals surface area contributed by atoms with E-state index in [0.29, 0.717) is 6.61 Å². The number of allylic oxidation sites excluding steroid dienone is 4. The summed E-state index contributed by atoms with van der Waals surface area (Å²) >= 11 is 0. The lowest BCUT2D eigenvalue weighted by molar-refractivity contribution is 0.114. The Morgan fingerprint density at radius 1 is 1.48 bits per heavy atom. The predicted molar refractivity (Wildman–Crippen MR) is 88.7 cm³/mol. The predicted octanol–water partition coefficient (Wildman–Crippen LogP) is 3.01. The molecular formula is C18H26N2O3. The van der Waals surface area contributed by atoms with Crippen LogP contribution >= 0.6 is 0 Å². The summed E-state index contributed by atoms with van der Waals surface area (Å²) in [5.41, 5.74) is 1.11. The van der Waals surface area contributed by atoms with Gasteiger partial charge >= 0.3 is 6.03 Å². The molecular weight excluding hydrogens is 292 g/mol. The molecule has 0 radical (unpaired) electrons. The van der Waals surface area contributed by atoms with Crippen LogP contribution in [-0.2, 0) is 9.47 Å². The maximum absolute atomic E-state index is 12.2. The molecule has 2 N–H and O–H groups in total. The van der Waals surface area contributed by atoms with E-state index in [4.69, 9.17) is 9.47 Å². The number of ether oxygens (including phenoxy) is 2. The first kappa shape index (κ1) is 16.1. The fourth-order valence-electron chi connectivity index (χ4n) is 3.50. The van der Waals surface area contributed by atoms with E-state index >= 15 is 0 Å². The highest BCUT2D eigenvalue weighted by Gasteiger charge is 2.42. The Morgan fingerprint density at radius 3 is 2.91 bits per heavy atom. The van der Waals surface area contributed by atoms with Crippen molar-refractivity contribution in [1.82, 2.24) is 10.6 Å². The lowest BCUT2D eigenvalue weighted by Crippen LogP contribution is -2.48. The van der Waals surface area contributed by atoms with Gasteiger partial charge in [0.15, 0.2) is 0 Å². The highest BCUT2D eigenvalue weighted by molar-refractivity contribution is 5.75. The summed E-state index contributed by atoms with van der Waals surface area (Å²) in [5, 5.41) is 5.98. The second kappa shape index (κ2) is 6.04. The Hall–Kier alpha value is -1.75. The van der Waals surface area contributed by atoms with E-state index < -0.39 is 0 Å². The summed E-state index contributed by atoms with van der Waals surface area (Å²) in [4.78, 5) is 12.2. The smallest absolute Gasteiger partial charge is 0.315 e. The molecule has 0 saturated carbocycles. The van der Waals surface area contributed by atoms with Gasteiger partial charge in [-0.15, -0.1) is 0 Å². The largest absolute Gasteiger partial charge is 0.463 e. The van der Waals surface area contributed by atoms with Gasteiger partial charge in [0.05, 0.1) is 23.6 Å². The first-order chi connectivity index (χ1) is 10.9. The Labute approximate surface area is 137 Å². The van der Waals surface area contributed by atoms with Crippen LogP contribution in [0.4, 0.5) is 4.79 Å². The second-order valence-electron chi connectivity index (χ2n) is 6.90.